The number of ether oxygens (including phenoxy) is 1. The Balaban J connectivity index is 2.05. The van der Waals surface area contributed by atoms with Crippen LogP contribution in [0.3, 0.4) is 0 Å². The van der Waals surface area contributed by atoms with E-state index in [0.29, 0.717) is 11.3 Å². The van der Waals surface area contributed by atoms with Crippen molar-refractivity contribution in [1.82, 2.24) is 14.5 Å². The minimum absolute atomic E-state index is 0.0485. The fraction of sp³-hybridized carbons (Fsp3) is 0.286. The highest BCUT2D eigenvalue weighted by molar-refractivity contribution is 6.01. The summed E-state index contributed by atoms with van der Waals surface area (Å²) in [4.78, 5) is 18.8. The first-order chi connectivity index (χ1) is 9.31. The molecule has 3 heterocycles. The maximum Gasteiger partial charge on any atom is 0.260 e. The van der Waals surface area contributed by atoms with Crippen molar-refractivity contribution >= 4 is 5.91 Å². The molecule has 0 aliphatic carbocycles. The quantitative estimate of drug-likeness (QED) is 0.780. The summed E-state index contributed by atoms with van der Waals surface area (Å²) in [5, 5.41) is 0. The summed E-state index contributed by atoms with van der Waals surface area (Å²) in [5.41, 5.74) is 2.56. The van der Waals surface area contributed by atoms with E-state index in [2.05, 4.69) is 4.98 Å². The summed E-state index contributed by atoms with van der Waals surface area (Å²) in [6, 6.07) is 5.81. The van der Waals surface area contributed by atoms with Crippen molar-refractivity contribution < 1.29 is 9.53 Å². The lowest BCUT2D eigenvalue weighted by Crippen LogP contribution is -2.44. The number of amides is 1. The second-order valence-electron chi connectivity index (χ2n) is 4.85. The molecule has 1 atom stereocenters. The normalized spacial score (nSPS) is 19.9. The summed E-state index contributed by atoms with van der Waals surface area (Å²) < 4.78 is 7.36. The van der Waals surface area contributed by atoms with Gasteiger partial charge in [0.25, 0.3) is 5.91 Å². The average Bonchev–Trinajstić information content (AvgIpc) is 2.82. The SMILES string of the molecule is COc1cccc2c1C(=O)N1CCC1c1cncn1-2. The van der Waals surface area contributed by atoms with Crippen molar-refractivity contribution in [2.24, 2.45) is 0 Å². The monoisotopic (exact) mass is 255 g/mol. The zero-order valence-electron chi connectivity index (χ0n) is 10.5. The van der Waals surface area contributed by atoms with Crippen LogP contribution in [0.1, 0.15) is 28.5 Å². The van der Waals surface area contributed by atoms with Gasteiger partial charge >= 0.3 is 0 Å². The van der Waals surface area contributed by atoms with Crippen LogP contribution in [0.2, 0.25) is 0 Å². The Morgan fingerprint density at radius 2 is 2.32 bits per heavy atom. The van der Waals surface area contributed by atoms with Crippen molar-refractivity contribution in [1.29, 1.82) is 0 Å². The van der Waals surface area contributed by atoms with Gasteiger partial charge in [0.2, 0.25) is 0 Å². The minimum Gasteiger partial charge on any atom is -0.496 e. The van der Waals surface area contributed by atoms with Crippen LogP contribution in [0, 0.1) is 0 Å². The Hall–Kier alpha value is -2.30. The Labute approximate surface area is 110 Å². The number of hydrogen-bond donors (Lipinski definition) is 0. The van der Waals surface area contributed by atoms with Gasteiger partial charge in [-0.25, -0.2) is 4.98 Å². The molecule has 4 rings (SSSR count). The van der Waals surface area contributed by atoms with Gasteiger partial charge in [0.05, 0.1) is 37.1 Å². The Kier molecular flexibility index (Phi) is 2.01. The second-order valence-corrected chi connectivity index (χ2v) is 4.85. The van der Waals surface area contributed by atoms with E-state index < -0.39 is 0 Å². The lowest BCUT2D eigenvalue weighted by atomic mass is 9.99. The van der Waals surface area contributed by atoms with Gasteiger partial charge < -0.3 is 14.2 Å². The third-order valence-corrected chi connectivity index (χ3v) is 3.99. The predicted octanol–water partition coefficient (Wildman–Crippen LogP) is 1.78. The number of rotatable bonds is 1. The summed E-state index contributed by atoms with van der Waals surface area (Å²) in [7, 11) is 1.59. The number of hydrogen-bond acceptors (Lipinski definition) is 3. The Morgan fingerprint density at radius 1 is 1.42 bits per heavy atom. The van der Waals surface area contributed by atoms with Crippen LogP contribution in [0.5, 0.6) is 5.75 Å². The molecule has 96 valence electrons. The molecule has 1 aromatic carbocycles. The van der Waals surface area contributed by atoms with E-state index in [9.17, 15) is 4.79 Å². The Bertz CT molecular complexity index is 677. The number of carbonyl (C=O) groups is 1. The first-order valence-corrected chi connectivity index (χ1v) is 6.32. The van der Waals surface area contributed by atoms with Crippen molar-refractivity contribution in [3.05, 3.63) is 42.0 Å². The number of benzene rings is 1. The highest BCUT2D eigenvalue weighted by Crippen LogP contribution is 2.41. The van der Waals surface area contributed by atoms with Crippen molar-refractivity contribution in [2.45, 2.75) is 12.5 Å². The van der Waals surface area contributed by atoms with Crippen LogP contribution in [0.4, 0.5) is 0 Å². The third kappa shape index (κ3) is 1.24. The molecule has 0 N–H and O–H groups in total. The summed E-state index contributed by atoms with van der Waals surface area (Å²) in [5.74, 6) is 0.669. The molecule has 5 nitrogen and oxygen atoms in total. The fourth-order valence-electron chi connectivity index (χ4n) is 2.94. The van der Waals surface area contributed by atoms with Crippen LogP contribution < -0.4 is 4.74 Å². The highest BCUT2D eigenvalue weighted by Gasteiger charge is 2.40. The highest BCUT2D eigenvalue weighted by atomic mass is 16.5. The summed E-state index contributed by atoms with van der Waals surface area (Å²) >= 11 is 0. The molecular formula is C14H13N3O2. The first kappa shape index (κ1) is 10.6. The fourth-order valence-corrected chi connectivity index (χ4v) is 2.94. The molecule has 0 saturated carbocycles. The lowest BCUT2D eigenvalue weighted by molar-refractivity contribution is 0.0457. The molecule has 1 aromatic heterocycles. The minimum atomic E-state index is 0.0485. The molecule has 1 unspecified atom stereocenters. The molecule has 2 aliphatic heterocycles. The molecule has 0 radical (unpaired) electrons. The van der Waals surface area contributed by atoms with Gasteiger partial charge in [0.1, 0.15) is 11.3 Å². The van der Waals surface area contributed by atoms with Gasteiger partial charge in [-0.15, -0.1) is 0 Å². The lowest BCUT2D eigenvalue weighted by Gasteiger charge is -2.39. The van der Waals surface area contributed by atoms with Gasteiger partial charge in [-0.2, -0.15) is 0 Å². The van der Waals surface area contributed by atoms with Crippen molar-refractivity contribution in [3.8, 4) is 11.4 Å². The van der Waals surface area contributed by atoms with Gasteiger partial charge in [0, 0.05) is 6.54 Å². The molecule has 1 fully saturated rings. The van der Waals surface area contributed by atoms with Gasteiger partial charge in [-0.05, 0) is 18.6 Å². The standard InChI is InChI=1S/C14H13N3O2/c1-19-12-4-2-3-10-13(12)14(18)16-6-5-9(16)11-7-15-8-17(10)11/h2-4,7-9H,5-6H2,1H3. The van der Waals surface area contributed by atoms with Crippen LogP contribution in [0.25, 0.3) is 5.69 Å². The van der Waals surface area contributed by atoms with Crippen molar-refractivity contribution in [3.63, 3.8) is 0 Å². The maximum absolute atomic E-state index is 12.7. The van der Waals surface area contributed by atoms with E-state index in [-0.39, 0.29) is 11.9 Å². The van der Waals surface area contributed by atoms with Gasteiger partial charge in [0.15, 0.2) is 0 Å². The number of methoxy groups -OCH3 is 1. The number of carbonyl (C=O) groups excluding carboxylic acids is 1. The van der Waals surface area contributed by atoms with Gasteiger partial charge in [-0.3, -0.25) is 4.79 Å². The zero-order valence-corrected chi connectivity index (χ0v) is 10.5. The molecule has 0 spiro atoms. The molecule has 1 saturated heterocycles. The van der Waals surface area contributed by atoms with Crippen LogP contribution in [-0.2, 0) is 0 Å². The molecule has 2 aromatic rings. The predicted molar refractivity (Wildman–Crippen MR) is 68.5 cm³/mol. The molecule has 0 bridgehead atoms. The summed E-state index contributed by atoms with van der Waals surface area (Å²) in [6.45, 7) is 0.798. The van der Waals surface area contributed by atoms with E-state index in [1.165, 1.54) is 0 Å². The average molecular weight is 255 g/mol. The largest absolute Gasteiger partial charge is 0.496 e. The van der Waals surface area contributed by atoms with E-state index in [0.717, 1.165) is 24.3 Å². The Morgan fingerprint density at radius 3 is 3.05 bits per heavy atom. The van der Waals surface area contributed by atoms with Crippen LogP contribution in [-0.4, -0.2) is 34.0 Å². The van der Waals surface area contributed by atoms with Crippen LogP contribution >= 0.6 is 0 Å². The molecule has 1 amide bonds. The van der Waals surface area contributed by atoms with E-state index in [1.54, 1.807) is 13.4 Å². The topological polar surface area (TPSA) is 47.4 Å². The third-order valence-electron chi connectivity index (χ3n) is 3.99. The molecule has 19 heavy (non-hydrogen) atoms. The molecule has 5 heteroatoms. The first-order valence-electron chi connectivity index (χ1n) is 6.32. The molecular weight excluding hydrogens is 242 g/mol. The molecule has 2 aliphatic rings. The van der Waals surface area contributed by atoms with E-state index in [4.69, 9.17) is 4.74 Å². The number of nitrogens with zero attached hydrogens (tertiary/aromatic N) is 3. The van der Waals surface area contributed by atoms with Crippen molar-refractivity contribution in [2.75, 3.05) is 13.7 Å². The smallest absolute Gasteiger partial charge is 0.260 e. The summed E-state index contributed by atoms with van der Waals surface area (Å²) in [6.07, 6.45) is 4.61. The second kappa shape index (κ2) is 3.60. The maximum atomic E-state index is 12.7. The van der Waals surface area contributed by atoms with E-state index >= 15 is 0 Å². The van der Waals surface area contributed by atoms with Crippen LogP contribution in [0.15, 0.2) is 30.7 Å². The number of aromatic nitrogens is 2. The number of fused-ring (bicyclic) bond motifs is 5. The zero-order chi connectivity index (χ0) is 13.0. The van der Waals surface area contributed by atoms with E-state index in [1.807, 2.05) is 33.9 Å². The van der Waals surface area contributed by atoms with Gasteiger partial charge in [-0.1, -0.05) is 6.07 Å². The number of imidazole rings is 1.